The van der Waals surface area contributed by atoms with Gasteiger partial charge >= 0.3 is 0 Å². The lowest BCUT2D eigenvalue weighted by molar-refractivity contribution is 0.0711. The first-order valence-corrected chi connectivity index (χ1v) is 9.72. The molecule has 5 heteroatoms. The van der Waals surface area contributed by atoms with Crippen LogP contribution in [-0.4, -0.2) is 46.1 Å². The number of carbonyl (C=O) groups is 1. The molecule has 3 aromatic rings. The summed E-state index contributed by atoms with van der Waals surface area (Å²) in [5, 5.41) is 11.4. The summed E-state index contributed by atoms with van der Waals surface area (Å²) in [6.45, 7) is 3.92. The molecule has 1 saturated heterocycles. The van der Waals surface area contributed by atoms with Crippen molar-refractivity contribution < 1.29 is 9.90 Å². The smallest absolute Gasteiger partial charge is 0.179 e. The van der Waals surface area contributed by atoms with Crippen molar-refractivity contribution in [1.29, 1.82) is 0 Å². The van der Waals surface area contributed by atoms with Crippen LogP contribution in [-0.2, 0) is 0 Å². The third-order valence-electron chi connectivity index (χ3n) is 5.40. The van der Waals surface area contributed by atoms with Crippen LogP contribution in [0.1, 0.15) is 28.9 Å². The van der Waals surface area contributed by atoms with Gasteiger partial charge in [0.25, 0.3) is 0 Å². The number of carbonyl (C=O) groups excluding carboxylic acids is 1. The SMILES string of the molecule is Cc1c(C(=O)CN2CCC(O)CC2)c2ccccc2n1-c1ccc(Cl)cc1. The predicted molar refractivity (Wildman–Crippen MR) is 109 cm³/mol. The van der Waals surface area contributed by atoms with Crippen LogP contribution in [0, 0.1) is 6.92 Å². The highest BCUT2D eigenvalue weighted by molar-refractivity contribution is 6.30. The molecule has 0 amide bonds. The molecule has 1 aliphatic heterocycles. The van der Waals surface area contributed by atoms with Crippen molar-refractivity contribution in [1.82, 2.24) is 9.47 Å². The summed E-state index contributed by atoms with van der Waals surface area (Å²) in [6, 6.07) is 15.7. The second-order valence-corrected chi connectivity index (χ2v) is 7.66. The van der Waals surface area contributed by atoms with E-state index in [0.29, 0.717) is 11.6 Å². The molecule has 1 fully saturated rings. The lowest BCUT2D eigenvalue weighted by Gasteiger charge is -2.28. The number of rotatable bonds is 4. The number of para-hydroxylation sites is 1. The molecule has 2 aromatic carbocycles. The number of likely N-dealkylation sites (tertiary alicyclic amines) is 1. The zero-order valence-corrected chi connectivity index (χ0v) is 16.1. The van der Waals surface area contributed by atoms with E-state index in [4.69, 9.17) is 11.6 Å². The fourth-order valence-corrected chi connectivity index (χ4v) is 4.13. The second-order valence-electron chi connectivity index (χ2n) is 7.22. The van der Waals surface area contributed by atoms with E-state index in [2.05, 4.69) is 9.47 Å². The average Bonchev–Trinajstić information content (AvgIpc) is 2.96. The van der Waals surface area contributed by atoms with Gasteiger partial charge in [0.15, 0.2) is 5.78 Å². The van der Waals surface area contributed by atoms with Crippen molar-refractivity contribution in [3.8, 4) is 5.69 Å². The summed E-state index contributed by atoms with van der Waals surface area (Å²) in [6.07, 6.45) is 1.24. The topological polar surface area (TPSA) is 45.5 Å². The van der Waals surface area contributed by atoms with Crippen LogP contribution in [0.4, 0.5) is 0 Å². The Morgan fingerprint density at radius 2 is 1.78 bits per heavy atom. The Morgan fingerprint density at radius 1 is 1.11 bits per heavy atom. The van der Waals surface area contributed by atoms with Gasteiger partial charge in [-0.1, -0.05) is 29.8 Å². The molecule has 0 bridgehead atoms. The summed E-state index contributed by atoms with van der Waals surface area (Å²) in [5.74, 6) is 0.132. The maximum Gasteiger partial charge on any atom is 0.179 e. The lowest BCUT2D eigenvalue weighted by atomic mass is 10.0. The zero-order valence-electron chi connectivity index (χ0n) is 15.4. The Kier molecular flexibility index (Phi) is 5.04. The van der Waals surface area contributed by atoms with Crippen molar-refractivity contribution >= 4 is 28.3 Å². The van der Waals surface area contributed by atoms with Gasteiger partial charge in [-0.2, -0.15) is 0 Å². The van der Waals surface area contributed by atoms with Crippen molar-refractivity contribution in [3.63, 3.8) is 0 Å². The Labute approximate surface area is 164 Å². The molecule has 0 radical (unpaired) electrons. The monoisotopic (exact) mass is 382 g/mol. The molecule has 2 heterocycles. The number of halogens is 1. The zero-order chi connectivity index (χ0) is 19.0. The van der Waals surface area contributed by atoms with Crippen LogP contribution in [0.5, 0.6) is 0 Å². The Hall–Kier alpha value is -2.14. The first-order valence-electron chi connectivity index (χ1n) is 9.34. The summed E-state index contributed by atoms with van der Waals surface area (Å²) in [7, 11) is 0. The molecule has 4 nitrogen and oxygen atoms in total. The number of hydrogen-bond acceptors (Lipinski definition) is 3. The summed E-state index contributed by atoms with van der Waals surface area (Å²) in [4.78, 5) is 15.3. The molecular weight excluding hydrogens is 360 g/mol. The van der Waals surface area contributed by atoms with Gasteiger partial charge in [-0.05, 0) is 50.1 Å². The number of aliphatic hydroxyl groups excluding tert-OH is 1. The molecule has 0 saturated carbocycles. The van der Waals surface area contributed by atoms with Crippen LogP contribution >= 0.6 is 11.6 Å². The van der Waals surface area contributed by atoms with Crippen LogP contribution in [0.3, 0.4) is 0 Å². The van der Waals surface area contributed by atoms with E-state index in [-0.39, 0.29) is 11.9 Å². The number of benzene rings is 2. The molecule has 1 aliphatic rings. The molecule has 0 spiro atoms. The van der Waals surface area contributed by atoms with Gasteiger partial charge < -0.3 is 9.67 Å². The van der Waals surface area contributed by atoms with E-state index >= 15 is 0 Å². The lowest BCUT2D eigenvalue weighted by Crippen LogP contribution is -2.39. The van der Waals surface area contributed by atoms with Crippen LogP contribution in [0.25, 0.3) is 16.6 Å². The number of ketones is 1. The minimum Gasteiger partial charge on any atom is -0.393 e. The molecule has 0 unspecified atom stereocenters. The molecule has 4 rings (SSSR count). The fraction of sp³-hybridized carbons (Fsp3) is 0.318. The van der Waals surface area contributed by atoms with Gasteiger partial charge in [0, 0.05) is 40.4 Å². The van der Waals surface area contributed by atoms with E-state index in [1.54, 1.807) is 0 Å². The number of fused-ring (bicyclic) bond motifs is 1. The molecule has 1 aromatic heterocycles. The number of aromatic nitrogens is 1. The number of hydrogen-bond donors (Lipinski definition) is 1. The summed E-state index contributed by atoms with van der Waals surface area (Å²) in [5.41, 5.74) is 3.75. The van der Waals surface area contributed by atoms with E-state index in [1.807, 2.05) is 55.5 Å². The van der Waals surface area contributed by atoms with E-state index < -0.39 is 0 Å². The summed E-state index contributed by atoms with van der Waals surface area (Å²) >= 11 is 6.04. The quantitative estimate of drug-likeness (QED) is 0.687. The van der Waals surface area contributed by atoms with Crippen LogP contribution in [0.15, 0.2) is 48.5 Å². The highest BCUT2D eigenvalue weighted by atomic mass is 35.5. The highest BCUT2D eigenvalue weighted by Gasteiger charge is 2.24. The third kappa shape index (κ3) is 3.53. The average molecular weight is 383 g/mol. The van der Waals surface area contributed by atoms with Gasteiger partial charge in [0.2, 0.25) is 0 Å². The van der Waals surface area contributed by atoms with Gasteiger partial charge in [-0.25, -0.2) is 0 Å². The minimum absolute atomic E-state index is 0.132. The third-order valence-corrected chi connectivity index (χ3v) is 5.65. The maximum absolute atomic E-state index is 13.2. The normalized spacial score (nSPS) is 16.1. The molecule has 27 heavy (non-hydrogen) atoms. The highest BCUT2D eigenvalue weighted by Crippen LogP contribution is 2.30. The van der Waals surface area contributed by atoms with Crippen molar-refractivity contribution in [2.45, 2.75) is 25.9 Å². The predicted octanol–water partition coefficient (Wildman–Crippen LogP) is 4.23. The molecular formula is C22H23ClN2O2. The number of nitrogens with zero attached hydrogens (tertiary/aromatic N) is 2. The van der Waals surface area contributed by atoms with E-state index in [1.165, 1.54) is 0 Å². The Morgan fingerprint density at radius 3 is 2.48 bits per heavy atom. The van der Waals surface area contributed by atoms with Crippen molar-refractivity contribution in [2.24, 2.45) is 0 Å². The Bertz CT molecular complexity index is 970. The maximum atomic E-state index is 13.2. The Balaban J connectivity index is 1.74. The van der Waals surface area contributed by atoms with Gasteiger partial charge in [0.1, 0.15) is 0 Å². The van der Waals surface area contributed by atoms with Crippen molar-refractivity contribution in [3.05, 3.63) is 64.8 Å². The van der Waals surface area contributed by atoms with Crippen LogP contribution < -0.4 is 0 Å². The minimum atomic E-state index is -0.232. The first kappa shape index (κ1) is 18.2. The standard InChI is InChI=1S/C22H23ClN2O2/c1-15-22(21(27)14-24-12-10-18(26)11-13-24)19-4-2-3-5-20(19)25(15)17-8-6-16(23)7-9-17/h2-9,18,26H,10-14H2,1H3. The van der Waals surface area contributed by atoms with Gasteiger partial charge in [0.05, 0.1) is 18.2 Å². The second kappa shape index (κ2) is 7.47. The molecule has 140 valence electrons. The van der Waals surface area contributed by atoms with E-state index in [9.17, 15) is 9.90 Å². The van der Waals surface area contributed by atoms with E-state index in [0.717, 1.165) is 53.8 Å². The fourth-order valence-electron chi connectivity index (χ4n) is 4.00. The molecule has 1 N–H and O–H groups in total. The van der Waals surface area contributed by atoms with Gasteiger partial charge in [-0.15, -0.1) is 0 Å². The number of piperidine rings is 1. The number of Topliss-reactive ketones (excluding diaryl/α,β-unsaturated/α-hetero) is 1. The molecule has 0 atom stereocenters. The number of aliphatic hydroxyl groups is 1. The van der Waals surface area contributed by atoms with Gasteiger partial charge in [-0.3, -0.25) is 9.69 Å². The van der Waals surface area contributed by atoms with Crippen LogP contribution in [0.2, 0.25) is 5.02 Å². The molecule has 0 aliphatic carbocycles. The summed E-state index contributed by atoms with van der Waals surface area (Å²) < 4.78 is 2.12. The first-order chi connectivity index (χ1) is 13.0. The largest absolute Gasteiger partial charge is 0.393 e. The van der Waals surface area contributed by atoms with Crippen molar-refractivity contribution in [2.75, 3.05) is 19.6 Å².